The molecule has 0 aliphatic carbocycles. The maximum Gasteiger partial charge on any atom is 0.223 e. The molecule has 2 N–H and O–H groups in total. The monoisotopic (exact) mass is 218 g/mol. The van der Waals surface area contributed by atoms with E-state index in [1.165, 1.54) is 4.90 Å². The number of thiocarbonyl (C=S) groups is 1. The van der Waals surface area contributed by atoms with E-state index >= 15 is 0 Å². The third-order valence-electron chi connectivity index (χ3n) is 1.79. The number of nitrogens with two attached hydrogens (primary N) is 1. The molecule has 0 bridgehead atoms. The van der Waals surface area contributed by atoms with Crippen LogP contribution in [0, 0.1) is 5.92 Å². The summed E-state index contributed by atoms with van der Waals surface area (Å²) in [7, 11) is 3.32. The zero-order valence-electron chi connectivity index (χ0n) is 8.95. The topological polar surface area (TPSA) is 55.6 Å². The number of nitrogens with zero attached hydrogens (tertiary/aromatic N) is 1. The molecule has 5 heteroatoms. The number of carbonyl (C=O) groups is 1. The Kier molecular flexibility index (Phi) is 6.40. The molecular formula is C9H18N2O2S. The van der Waals surface area contributed by atoms with E-state index in [4.69, 9.17) is 22.7 Å². The lowest BCUT2D eigenvalue weighted by atomic mass is 10.1. The van der Waals surface area contributed by atoms with Crippen molar-refractivity contribution in [3.05, 3.63) is 0 Å². The number of hydrogen-bond acceptors (Lipinski definition) is 3. The van der Waals surface area contributed by atoms with Crippen LogP contribution in [-0.2, 0) is 9.53 Å². The Morgan fingerprint density at radius 2 is 2.21 bits per heavy atom. The van der Waals surface area contributed by atoms with E-state index in [1.54, 1.807) is 14.2 Å². The van der Waals surface area contributed by atoms with Gasteiger partial charge < -0.3 is 15.4 Å². The van der Waals surface area contributed by atoms with E-state index in [0.717, 1.165) is 0 Å². The fraction of sp³-hybridized carbons (Fsp3) is 0.778. The lowest BCUT2D eigenvalue weighted by molar-refractivity contribution is -0.130. The number of rotatable bonds is 6. The van der Waals surface area contributed by atoms with Gasteiger partial charge in [0, 0.05) is 27.2 Å². The van der Waals surface area contributed by atoms with Gasteiger partial charge in [-0.2, -0.15) is 0 Å². The van der Waals surface area contributed by atoms with Crippen LogP contribution in [0.1, 0.15) is 13.3 Å². The molecule has 0 aliphatic rings. The van der Waals surface area contributed by atoms with E-state index < -0.39 is 0 Å². The molecule has 82 valence electrons. The summed E-state index contributed by atoms with van der Waals surface area (Å²) in [6.07, 6.45) is 0.465. The van der Waals surface area contributed by atoms with Crippen LogP contribution >= 0.6 is 12.2 Å². The van der Waals surface area contributed by atoms with Gasteiger partial charge in [0.1, 0.15) is 0 Å². The van der Waals surface area contributed by atoms with Crippen molar-refractivity contribution in [2.24, 2.45) is 11.7 Å². The smallest absolute Gasteiger partial charge is 0.223 e. The zero-order valence-corrected chi connectivity index (χ0v) is 9.76. The Balaban J connectivity index is 3.88. The minimum atomic E-state index is 0.0438. The van der Waals surface area contributed by atoms with Gasteiger partial charge in [0.15, 0.2) is 0 Å². The number of likely N-dealkylation sites (N-methyl/N-ethyl adjacent to an activating group) is 1. The summed E-state index contributed by atoms with van der Waals surface area (Å²) in [5, 5.41) is 0. The normalized spacial score (nSPS) is 12.2. The molecule has 4 nitrogen and oxygen atoms in total. The molecule has 0 saturated heterocycles. The number of hydrogen-bond donors (Lipinski definition) is 1. The quantitative estimate of drug-likeness (QED) is 0.656. The average Bonchev–Trinajstić information content (AvgIpc) is 2.02. The molecule has 0 radical (unpaired) electrons. The molecule has 1 unspecified atom stereocenters. The molecule has 14 heavy (non-hydrogen) atoms. The Labute approximate surface area is 90.4 Å². The molecule has 0 aromatic heterocycles. The molecule has 0 aromatic rings. The molecule has 0 heterocycles. The minimum absolute atomic E-state index is 0.0438. The third kappa shape index (κ3) is 5.88. The lowest BCUT2D eigenvalue weighted by Gasteiger charge is -2.18. The van der Waals surface area contributed by atoms with Gasteiger partial charge in [-0.1, -0.05) is 19.1 Å². The molecular weight excluding hydrogens is 200 g/mol. The number of methoxy groups -OCH3 is 1. The summed E-state index contributed by atoms with van der Waals surface area (Å²) in [5.41, 5.74) is 5.33. The molecule has 0 spiro atoms. The lowest BCUT2D eigenvalue weighted by Crippen LogP contribution is -2.35. The SMILES string of the molecule is COCC(C)CC(=O)N(C)CC(N)=S. The summed E-state index contributed by atoms with van der Waals surface area (Å²) >= 11 is 4.72. The van der Waals surface area contributed by atoms with Crippen molar-refractivity contribution in [3.8, 4) is 0 Å². The first-order valence-corrected chi connectivity index (χ1v) is 4.89. The van der Waals surface area contributed by atoms with E-state index in [0.29, 0.717) is 24.6 Å². The third-order valence-corrected chi connectivity index (χ3v) is 1.92. The highest BCUT2D eigenvalue weighted by atomic mass is 32.1. The molecule has 1 atom stereocenters. The van der Waals surface area contributed by atoms with Crippen molar-refractivity contribution in [1.29, 1.82) is 0 Å². The Hall–Kier alpha value is -0.680. The van der Waals surface area contributed by atoms with Gasteiger partial charge in [-0.05, 0) is 5.92 Å². The summed E-state index contributed by atoms with van der Waals surface area (Å²) in [5.74, 6) is 0.267. The van der Waals surface area contributed by atoms with Gasteiger partial charge in [0.2, 0.25) is 5.91 Å². The van der Waals surface area contributed by atoms with Crippen molar-refractivity contribution in [3.63, 3.8) is 0 Å². The van der Waals surface area contributed by atoms with Crippen LogP contribution in [-0.4, -0.2) is 43.1 Å². The minimum Gasteiger partial charge on any atom is -0.392 e. The summed E-state index contributed by atoms with van der Waals surface area (Å²) in [4.78, 5) is 13.4. The summed E-state index contributed by atoms with van der Waals surface area (Å²) in [6, 6.07) is 0. The van der Waals surface area contributed by atoms with Crippen molar-refractivity contribution >= 4 is 23.1 Å². The van der Waals surface area contributed by atoms with Crippen LogP contribution in [0.3, 0.4) is 0 Å². The van der Waals surface area contributed by atoms with Crippen LogP contribution < -0.4 is 5.73 Å². The highest BCUT2D eigenvalue weighted by Crippen LogP contribution is 2.04. The van der Waals surface area contributed by atoms with Crippen molar-refractivity contribution in [2.75, 3.05) is 27.3 Å². The second kappa shape index (κ2) is 6.73. The van der Waals surface area contributed by atoms with Crippen LogP contribution in [0.25, 0.3) is 0 Å². The standard InChI is InChI=1S/C9H18N2O2S/c1-7(6-13-3)4-9(12)11(2)5-8(10)14/h7H,4-6H2,1-3H3,(H2,10,14). The van der Waals surface area contributed by atoms with Crippen molar-refractivity contribution in [1.82, 2.24) is 4.90 Å². The maximum atomic E-state index is 11.5. The largest absolute Gasteiger partial charge is 0.392 e. The van der Waals surface area contributed by atoms with Gasteiger partial charge in [0.25, 0.3) is 0 Å². The van der Waals surface area contributed by atoms with E-state index in [9.17, 15) is 4.79 Å². The first kappa shape index (κ1) is 13.3. The predicted molar refractivity (Wildman–Crippen MR) is 60.1 cm³/mol. The first-order chi connectivity index (χ1) is 6.47. The highest BCUT2D eigenvalue weighted by molar-refractivity contribution is 7.80. The number of amides is 1. The molecule has 0 saturated carbocycles. The second-order valence-corrected chi connectivity index (χ2v) is 4.01. The average molecular weight is 218 g/mol. The van der Waals surface area contributed by atoms with Crippen molar-refractivity contribution in [2.45, 2.75) is 13.3 Å². The summed E-state index contributed by atoms with van der Waals surface area (Å²) in [6.45, 7) is 2.90. The Morgan fingerprint density at radius 3 is 2.64 bits per heavy atom. The highest BCUT2D eigenvalue weighted by Gasteiger charge is 2.13. The Morgan fingerprint density at radius 1 is 1.64 bits per heavy atom. The van der Waals surface area contributed by atoms with Gasteiger partial charge in [0.05, 0.1) is 11.5 Å². The van der Waals surface area contributed by atoms with Crippen LogP contribution in [0.5, 0.6) is 0 Å². The van der Waals surface area contributed by atoms with Gasteiger partial charge in [-0.15, -0.1) is 0 Å². The van der Waals surface area contributed by atoms with Crippen LogP contribution in [0.2, 0.25) is 0 Å². The molecule has 0 fully saturated rings. The van der Waals surface area contributed by atoms with Crippen LogP contribution in [0.4, 0.5) is 0 Å². The van der Waals surface area contributed by atoms with Gasteiger partial charge in [-0.25, -0.2) is 0 Å². The van der Waals surface area contributed by atoms with Crippen LogP contribution in [0.15, 0.2) is 0 Å². The molecule has 1 amide bonds. The molecule has 0 aromatic carbocycles. The summed E-state index contributed by atoms with van der Waals surface area (Å²) < 4.78 is 4.94. The molecule has 0 rings (SSSR count). The van der Waals surface area contributed by atoms with E-state index in [1.807, 2.05) is 6.92 Å². The maximum absolute atomic E-state index is 11.5. The van der Waals surface area contributed by atoms with Gasteiger partial charge >= 0.3 is 0 Å². The fourth-order valence-corrected chi connectivity index (χ4v) is 1.31. The first-order valence-electron chi connectivity index (χ1n) is 4.48. The Bertz CT molecular complexity index is 209. The number of ether oxygens (including phenoxy) is 1. The second-order valence-electron chi connectivity index (χ2n) is 3.48. The predicted octanol–water partition coefficient (Wildman–Crippen LogP) is 0.404. The van der Waals surface area contributed by atoms with Crippen molar-refractivity contribution < 1.29 is 9.53 Å². The van der Waals surface area contributed by atoms with E-state index in [2.05, 4.69) is 0 Å². The fourth-order valence-electron chi connectivity index (χ4n) is 1.12. The van der Waals surface area contributed by atoms with E-state index in [-0.39, 0.29) is 11.8 Å². The number of carbonyl (C=O) groups excluding carboxylic acids is 1. The zero-order chi connectivity index (χ0) is 11.1. The van der Waals surface area contributed by atoms with Gasteiger partial charge in [-0.3, -0.25) is 4.79 Å². The molecule has 0 aliphatic heterocycles.